The van der Waals surface area contributed by atoms with E-state index < -0.39 is 23.3 Å². The van der Waals surface area contributed by atoms with Crippen LogP contribution in [0.1, 0.15) is 43.4 Å². The molecule has 4 aliphatic rings. The van der Waals surface area contributed by atoms with Crippen molar-refractivity contribution in [1.29, 1.82) is 0 Å². The van der Waals surface area contributed by atoms with Gasteiger partial charge in [0.1, 0.15) is 12.7 Å². The number of rotatable bonds is 4. The van der Waals surface area contributed by atoms with E-state index in [1.165, 1.54) is 18.6 Å². The molecule has 2 fully saturated rings. The third-order valence-corrected chi connectivity index (χ3v) is 7.95. The molecule has 1 aromatic heterocycles. The van der Waals surface area contributed by atoms with Crippen LogP contribution in [0.2, 0.25) is 0 Å². The van der Waals surface area contributed by atoms with Crippen molar-refractivity contribution < 1.29 is 23.1 Å². The zero-order chi connectivity index (χ0) is 23.8. The molecule has 0 radical (unpaired) electrons. The molecule has 5 rings (SSSR count). The first-order valence-corrected chi connectivity index (χ1v) is 12.5. The molecule has 4 heterocycles. The van der Waals surface area contributed by atoms with Gasteiger partial charge in [-0.1, -0.05) is 11.1 Å². The molecule has 0 saturated carbocycles. The number of carbonyl (C=O) groups is 1. The van der Waals surface area contributed by atoms with E-state index in [-0.39, 0.29) is 19.3 Å². The SMILES string of the molecule is CO/N=C1\CC2(CCN(C(=O)C3(F)CCN(Cc4ccns4)CC3)CC2)OC2=C1CC(F)C#C2. The van der Waals surface area contributed by atoms with E-state index in [1.807, 2.05) is 6.07 Å². The number of oxime groups is 1. The highest BCUT2D eigenvalue weighted by Gasteiger charge is 2.49. The van der Waals surface area contributed by atoms with Gasteiger partial charge in [-0.05, 0) is 23.5 Å². The predicted molar refractivity (Wildman–Crippen MR) is 123 cm³/mol. The van der Waals surface area contributed by atoms with Gasteiger partial charge in [0.05, 0.1) is 5.71 Å². The quantitative estimate of drug-likeness (QED) is 0.479. The Labute approximate surface area is 201 Å². The van der Waals surface area contributed by atoms with Crippen LogP contribution in [-0.2, 0) is 20.9 Å². The largest absolute Gasteiger partial charge is 0.478 e. The van der Waals surface area contributed by atoms with Crippen LogP contribution < -0.4 is 0 Å². The van der Waals surface area contributed by atoms with Crippen molar-refractivity contribution in [2.75, 3.05) is 33.3 Å². The van der Waals surface area contributed by atoms with Gasteiger partial charge in [-0.15, -0.1) is 0 Å². The topological polar surface area (TPSA) is 67.3 Å². The number of hydrogen-bond donors (Lipinski definition) is 0. The van der Waals surface area contributed by atoms with Gasteiger partial charge in [0, 0.05) is 87.9 Å². The third-order valence-electron chi connectivity index (χ3n) is 7.22. The number of carbonyl (C=O) groups excluding carboxylic acids is 1. The van der Waals surface area contributed by atoms with Crippen molar-refractivity contribution in [2.24, 2.45) is 5.16 Å². The standard InChI is InChI=1S/C24H28F2N4O3S/c1-32-28-20-15-23(33-21-3-2-17(25)14-19(20)21)5-12-30(13-6-23)22(31)24(26)7-10-29(11-8-24)16-18-4-9-27-34-18/h4,9,17H,5-8,10-16H2,1H3/b28-20+. The van der Waals surface area contributed by atoms with Crippen LogP contribution in [0.25, 0.3) is 0 Å². The fourth-order valence-electron chi connectivity index (χ4n) is 5.24. The monoisotopic (exact) mass is 490 g/mol. The lowest BCUT2D eigenvalue weighted by atomic mass is 9.80. The molecule has 34 heavy (non-hydrogen) atoms. The molecule has 2 saturated heterocycles. The lowest BCUT2D eigenvalue weighted by Crippen LogP contribution is -2.57. The van der Waals surface area contributed by atoms with Gasteiger partial charge < -0.3 is 14.5 Å². The molecule has 182 valence electrons. The highest BCUT2D eigenvalue weighted by atomic mass is 32.1. The Kier molecular flexibility index (Phi) is 6.34. The molecule has 0 bridgehead atoms. The van der Waals surface area contributed by atoms with Crippen LogP contribution in [-0.4, -0.2) is 76.5 Å². The van der Waals surface area contributed by atoms with Crippen molar-refractivity contribution in [3.05, 3.63) is 28.5 Å². The van der Waals surface area contributed by atoms with E-state index in [9.17, 15) is 9.18 Å². The van der Waals surface area contributed by atoms with Gasteiger partial charge in [0.2, 0.25) is 0 Å². The summed E-state index contributed by atoms with van der Waals surface area (Å²) >= 11 is 1.45. The smallest absolute Gasteiger partial charge is 0.260 e. The summed E-state index contributed by atoms with van der Waals surface area (Å²) < 4.78 is 39.9. The molecule has 1 aromatic rings. The summed E-state index contributed by atoms with van der Waals surface area (Å²) in [6, 6.07) is 1.97. The maximum atomic E-state index is 15.7. The summed E-state index contributed by atoms with van der Waals surface area (Å²) in [6.07, 6.45) is 2.59. The zero-order valence-electron chi connectivity index (χ0n) is 19.2. The number of allylic oxidation sites excluding steroid dienone is 2. The van der Waals surface area contributed by atoms with E-state index in [4.69, 9.17) is 9.57 Å². The second-order valence-corrected chi connectivity index (χ2v) is 10.4. The van der Waals surface area contributed by atoms with Crippen molar-refractivity contribution >= 4 is 23.2 Å². The molecule has 0 aromatic carbocycles. The number of nitrogens with zero attached hydrogens (tertiary/aromatic N) is 4. The van der Waals surface area contributed by atoms with Crippen LogP contribution in [0.15, 0.2) is 28.8 Å². The Morgan fingerprint density at radius 3 is 2.76 bits per heavy atom. The number of halogens is 2. The van der Waals surface area contributed by atoms with Crippen LogP contribution in [0, 0.1) is 11.8 Å². The summed E-state index contributed by atoms with van der Waals surface area (Å²) in [4.78, 5) is 23.1. The number of aromatic nitrogens is 1. The summed E-state index contributed by atoms with van der Waals surface area (Å²) in [5.74, 6) is 5.36. The Balaban J connectivity index is 1.20. The summed E-state index contributed by atoms with van der Waals surface area (Å²) in [5, 5.41) is 4.12. The van der Waals surface area contributed by atoms with Crippen molar-refractivity contribution in [1.82, 2.24) is 14.2 Å². The average Bonchev–Trinajstić information content (AvgIpc) is 3.35. The Bertz CT molecular complexity index is 1050. The predicted octanol–water partition coefficient (Wildman–Crippen LogP) is 3.23. The first kappa shape index (κ1) is 23.2. The zero-order valence-corrected chi connectivity index (χ0v) is 20.0. The van der Waals surface area contributed by atoms with Gasteiger partial charge in [0.15, 0.2) is 17.6 Å². The molecule has 10 heteroatoms. The normalized spacial score (nSPS) is 27.1. The molecule has 7 nitrogen and oxygen atoms in total. The molecular weight excluding hydrogens is 462 g/mol. The van der Waals surface area contributed by atoms with Crippen molar-refractivity contribution in [3.8, 4) is 11.8 Å². The number of alkyl halides is 2. The molecule has 1 amide bonds. The second kappa shape index (κ2) is 9.27. The maximum Gasteiger partial charge on any atom is 0.260 e. The Hall–Kier alpha value is -2.51. The van der Waals surface area contributed by atoms with Gasteiger partial charge in [-0.2, -0.15) is 0 Å². The number of amides is 1. The third kappa shape index (κ3) is 4.56. The minimum absolute atomic E-state index is 0.135. The lowest BCUT2D eigenvalue weighted by Gasteiger charge is -2.46. The molecule has 1 aliphatic carbocycles. The molecule has 1 atom stereocenters. The molecule has 0 N–H and O–H groups in total. The minimum Gasteiger partial charge on any atom is -0.478 e. The average molecular weight is 491 g/mol. The highest BCUT2D eigenvalue weighted by Crippen LogP contribution is 2.41. The first-order chi connectivity index (χ1) is 16.4. The number of ether oxygens (including phenoxy) is 1. The van der Waals surface area contributed by atoms with Crippen molar-refractivity contribution in [2.45, 2.75) is 62.5 Å². The van der Waals surface area contributed by atoms with E-state index in [1.54, 1.807) is 11.1 Å². The van der Waals surface area contributed by atoms with Gasteiger partial charge in [-0.25, -0.2) is 13.2 Å². The molecule has 1 unspecified atom stereocenters. The number of likely N-dealkylation sites (tertiary alicyclic amines) is 2. The first-order valence-electron chi connectivity index (χ1n) is 11.7. The lowest BCUT2D eigenvalue weighted by molar-refractivity contribution is -0.152. The Morgan fingerprint density at radius 1 is 1.32 bits per heavy atom. The van der Waals surface area contributed by atoms with Crippen molar-refractivity contribution in [3.63, 3.8) is 0 Å². The van der Waals surface area contributed by atoms with Crippen LogP contribution in [0.4, 0.5) is 8.78 Å². The maximum absolute atomic E-state index is 15.7. The van der Waals surface area contributed by atoms with Gasteiger partial charge in [0.25, 0.3) is 5.91 Å². The number of hydrogen-bond acceptors (Lipinski definition) is 7. The van der Waals surface area contributed by atoms with E-state index in [2.05, 4.69) is 26.3 Å². The van der Waals surface area contributed by atoms with Gasteiger partial charge >= 0.3 is 0 Å². The van der Waals surface area contributed by atoms with Crippen LogP contribution in [0.3, 0.4) is 0 Å². The molecule has 3 aliphatic heterocycles. The fourth-order valence-corrected chi connectivity index (χ4v) is 5.86. The second-order valence-electron chi connectivity index (χ2n) is 9.44. The fraction of sp³-hybridized carbons (Fsp3) is 0.625. The Morgan fingerprint density at radius 2 is 2.09 bits per heavy atom. The molecule has 1 spiro atoms. The molecular formula is C24H28F2N4O3S. The van der Waals surface area contributed by atoms with E-state index in [0.717, 1.165) is 11.4 Å². The highest BCUT2D eigenvalue weighted by molar-refractivity contribution is 7.05. The minimum atomic E-state index is -1.83. The van der Waals surface area contributed by atoms with E-state index in [0.29, 0.717) is 62.5 Å². The van der Waals surface area contributed by atoms with E-state index >= 15 is 4.39 Å². The summed E-state index contributed by atoms with van der Waals surface area (Å²) in [5.41, 5.74) is -1.11. The van der Waals surface area contributed by atoms with Crippen LogP contribution in [0.5, 0.6) is 0 Å². The number of piperidine rings is 2. The summed E-state index contributed by atoms with van der Waals surface area (Å²) in [7, 11) is 1.46. The van der Waals surface area contributed by atoms with Crippen LogP contribution >= 0.6 is 11.5 Å². The van der Waals surface area contributed by atoms with Gasteiger partial charge in [-0.3, -0.25) is 9.69 Å². The summed E-state index contributed by atoms with van der Waals surface area (Å²) in [6.45, 7) is 2.63.